The largest absolute Gasteiger partial charge is 0.446 e. The molecular formula is C24H20F3N3O2S. The van der Waals surface area contributed by atoms with Crippen LogP contribution in [0, 0.1) is 0 Å². The van der Waals surface area contributed by atoms with Gasteiger partial charge in [0.25, 0.3) is 5.91 Å². The topological polar surface area (TPSA) is 62.3 Å². The van der Waals surface area contributed by atoms with Crippen LogP contribution in [0.2, 0.25) is 0 Å². The van der Waals surface area contributed by atoms with E-state index in [0.717, 1.165) is 21.7 Å². The Balaban J connectivity index is 1.50. The number of imide groups is 1. The maximum absolute atomic E-state index is 13.2. The summed E-state index contributed by atoms with van der Waals surface area (Å²) in [5.41, 5.74) is -2.60. The fraction of sp³-hybridized carbons (Fsp3) is 0.208. The zero-order valence-corrected chi connectivity index (χ0v) is 18.4. The summed E-state index contributed by atoms with van der Waals surface area (Å²) in [5.74, 6) is -0.467. The molecule has 0 saturated carbocycles. The number of carbonyl (C=O) groups excluding carboxylic acids is 2. The lowest BCUT2D eigenvalue weighted by molar-refractivity contribution is -0.121. The zero-order valence-electron chi connectivity index (χ0n) is 17.6. The molecule has 3 amide bonds. The van der Waals surface area contributed by atoms with Crippen LogP contribution in [0.3, 0.4) is 0 Å². The van der Waals surface area contributed by atoms with Gasteiger partial charge < -0.3 is 5.32 Å². The van der Waals surface area contributed by atoms with Crippen molar-refractivity contribution in [1.82, 2.24) is 10.3 Å². The van der Waals surface area contributed by atoms with Gasteiger partial charge in [-0.2, -0.15) is 13.2 Å². The van der Waals surface area contributed by atoms with Crippen LogP contribution in [0.15, 0.2) is 77.8 Å². The summed E-state index contributed by atoms with van der Waals surface area (Å²) < 4.78 is 37.7. The van der Waals surface area contributed by atoms with E-state index in [0.29, 0.717) is 6.42 Å². The number of hydrogen-bond acceptors (Lipinski definition) is 4. The third-order valence-corrected chi connectivity index (χ3v) is 6.00. The van der Waals surface area contributed by atoms with E-state index in [-0.39, 0.29) is 28.8 Å². The van der Waals surface area contributed by atoms with E-state index in [1.165, 1.54) is 24.3 Å². The number of aromatic nitrogens is 1. The van der Waals surface area contributed by atoms with E-state index in [4.69, 9.17) is 0 Å². The standard InChI is InChI=1S/C24H20F3N3O2S/c1-23(15-17-11-12-28-18(14-17)13-16-5-3-2-4-6-16)21(31)30(22(32)29-23)19-7-9-20(10-8-19)33-24(25,26)27/h2-12,14H,13,15H2,1H3,(H,29,32). The minimum Gasteiger partial charge on any atom is -0.323 e. The second-order valence-electron chi connectivity index (χ2n) is 7.94. The maximum Gasteiger partial charge on any atom is 0.446 e. The molecule has 1 saturated heterocycles. The van der Waals surface area contributed by atoms with Gasteiger partial charge in [0, 0.05) is 29.6 Å². The Labute approximate surface area is 193 Å². The lowest BCUT2D eigenvalue weighted by atomic mass is 9.92. The number of hydrogen-bond donors (Lipinski definition) is 1. The van der Waals surface area contributed by atoms with Crippen LogP contribution in [0.5, 0.6) is 0 Å². The second kappa shape index (κ2) is 8.90. The van der Waals surface area contributed by atoms with Gasteiger partial charge in [0.2, 0.25) is 0 Å². The van der Waals surface area contributed by atoms with Crippen molar-refractivity contribution in [2.75, 3.05) is 4.90 Å². The van der Waals surface area contributed by atoms with Gasteiger partial charge in [-0.05, 0) is 66.2 Å². The van der Waals surface area contributed by atoms with Crippen molar-refractivity contribution < 1.29 is 22.8 Å². The van der Waals surface area contributed by atoms with Crippen LogP contribution in [0.25, 0.3) is 0 Å². The second-order valence-corrected chi connectivity index (χ2v) is 9.08. The first-order chi connectivity index (χ1) is 15.6. The molecule has 0 aliphatic carbocycles. The van der Waals surface area contributed by atoms with Crippen molar-refractivity contribution in [3.8, 4) is 0 Å². The van der Waals surface area contributed by atoms with E-state index >= 15 is 0 Å². The monoisotopic (exact) mass is 471 g/mol. The van der Waals surface area contributed by atoms with Crippen molar-refractivity contribution in [2.24, 2.45) is 0 Å². The van der Waals surface area contributed by atoms with Gasteiger partial charge in [-0.15, -0.1) is 0 Å². The number of rotatable bonds is 6. The smallest absolute Gasteiger partial charge is 0.323 e. The van der Waals surface area contributed by atoms with E-state index in [1.54, 1.807) is 19.2 Å². The summed E-state index contributed by atoms with van der Waals surface area (Å²) in [5, 5.41) is 2.73. The van der Waals surface area contributed by atoms with Crippen molar-refractivity contribution in [3.63, 3.8) is 0 Å². The number of halogens is 3. The predicted molar refractivity (Wildman–Crippen MR) is 120 cm³/mol. The molecule has 5 nitrogen and oxygen atoms in total. The van der Waals surface area contributed by atoms with Crippen molar-refractivity contribution >= 4 is 29.4 Å². The highest BCUT2D eigenvalue weighted by Crippen LogP contribution is 2.38. The minimum atomic E-state index is -4.41. The highest BCUT2D eigenvalue weighted by Gasteiger charge is 2.48. The lowest BCUT2D eigenvalue weighted by Gasteiger charge is -2.22. The Morgan fingerprint density at radius 3 is 2.36 bits per heavy atom. The molecule has 9 heteroatoms. The lowest BCUT2D eigenvalue weighted by Crippen LogP contribution is -2.46. The number of pyridine rings is 1. The van der Waals surface area contributed by atoms with Gasteiger partial charge in [-0.3, -0.25) is 9.78 Å². The Bertz CT molecular complexity index is 1170. The number of alkyl halides is 3. The van der Waals surface area contributed by atoms with Gasteiger partial charge in [0.15, 0.2) is 0 Å². The molecule has 1 N–H and O–H groups in total. The number of amides is 3. The predicted octanol–water partition coefficient (Wildman–Crippen LogP) is 5.34. The Morgan fingerprint density at radius 1 is 1.00 bits per heavy atom. The zero-order chi connectivity index (χ0) is 23.6. The summed E-state index contributed by atoms with van der Waals surface area (Å²) in [7, 11) is 0. The number of thioether (sulfide) groups is 1. The molecule has 1 unspecified atom stereocenters. The number of carbonyl (C=O) groups is 2. The summed E-state index contributed by atoms with van der Waals surface area (Å²) in [4.78, 5) is 31.1. The molecular weight excluding hydrogens is 451 g/mol. The average molecular weight is 472 g/mol. The van der Waals surface area contributed by atoms with Gasteiger partial charge in [0.05, 0.1) is 5.69 Å². The molecule has 33 heavy (non-hydrogen) atoms. The molecule has 0 radical (unpaired) electrons. The van der Waals surface area contributed by atoms with Gasteiger partial charge in [0.1, 0.15) is 5.54 Å². The average Bonchev–Trinajstić information content (AvgIpc) is 2.96. The summed E-state index contributed by atoms with van der Waals surface area (Å²) in [6.07, 6.45) is 2.56. The normalized spacial score (nSPS) is 18.5. The number of anilines is 1. The molecule has 4 rings (SSSR count). The van der Waals surface area contributed by atoms with Crippen LogP contribution in [-0.2, 0) is 17.6 Å². The molecule has 1 aliphatic heterocycles. The Hall–Kier alpha value is -3.33. The summed E-state index contributed by atoms with van der Waals surface area (Å²) >= 11 is -0.253. The van der Waals surface area contributed by atoms with E-state index < -0.39 is 23.0 Å². The summed E-state index contributed by atoms with van der Waals surface area (Å²) in [6.45, 7) is 1.64. The molecule has 2 heterocycles. The van der Waals surface area contributed by atoms with Crippen molar-refractivity contribution in [2.45, 2.75) is 35.7 Å². The van der Waals surface area contributed by atoms with Crippen LogP contribution in [0.1, 0.15) is 23.7 Å². The van der Waals surface area contributed by atoms with E-state index in [9.17, 15) is 22.8 Å². The molecule has 1 aromatic heterocycles. The molecule has 0 bridgehead atoms. The third kappa shape index (κ3) is 5.36. The Morgan fingerprint density at radius 2 is 1.70 bits per heavy atom. The minimum absolute atomic E-state index is 0.0243. The van der Waals surface area contributed by atoms with E-state index in [1.807, 2.05) is 36.4 Å². The highest BCUT2D eigenvalue weighted by atomic mass is 32.2. The quantitative estimate of drug-likeness (QED) is 0.389. The van der Waals surface area contributed by atoms with Gasteiger partial charge in [-0.1, -0.05) is 30.3 Å². The fourth-order valence-electron chi connectivity index (χ4n) is 3.78. The molecule has 1 aliphatic rings. The van der Waals surface area contributed by atoms with Gasteiger partial charge >= 0.3 is 11.5 Å². The molecule has 1 atom stereocenters. The van der Waals surface area contributed by atoms with Crippen LogP contribution in [-0.4, -0.2) is 28.0 Å². The molecule has 3 aromatic rings. The number of urea groups is 1. The van der Waals surface area contributed by atoms with Crippen LogP contribution in [0.4, 0.5) is 23.7 Å². The molecule has 2 aromatic carbocycles. The molecule has 170 valence electrons. The van der Waals surface area contributed by atoms with Crippen LogP contribution >= 0.6 is 11.8 Å². The van der Waals surface area contributed by atoms with Gasteiger partial charge in [-0.25, -0.2) is 9.69 Å². The van der Waals surface area contributed by atoms with Crippen LogP contribution < -0.4 is 10.2 Å². The third-order valence-electron chi connectivity index (χ3n) is 5.26. The maximum atomic E-state index is 13.2. The number of nitrogens with one attached hydrogen (secondary N) is 1. The highest BCUT2D eigenvalue weighted by molar-refractivity contribution is 8.00. The number of nitrogens with zero attached hydrogens (tertiary/aromatic N) is 2. The molecule has 1 fully saturated rings. The first-order valence-corrected chi connectivity index (χ1v) is 10.9. The first-order valence-electron chi connectivity index (χ1n) is 10.1. The SMILES string of the molecule is CC1(Cc2ccnc(Cc3ccccc3)c2)NC(=O)N(c2ccc(SC(F)(F)F)cc2)C1=O. The number of benzene rings is 2. The van der Waals surface area contributed by atoms with E-state index in [2.05, 4.69) is 10.3 Å². The van der Waals surface area contributed by atoms with Crippen molar-refractivity contribution in [3.05, 3.63) is 89.7 Å². The molecule has 0 spiro atoms. The summed E-state index contributed by atoms with van der Waals surface area (Å²) in [6, 6.07) is 18.1. The van der Waals surface area contributed by atoms with Crippen molar-refractivity contribution in [1.29, 1.82) is 0 Å². The first kappa shape index (κ1) is 22.8. The Kier molecular flexibility index (Phi) is 6.16. The fourth-order valence-corrected chi connectivity index (χ4v) is 4.32.